The van der Waals surface area contributed by atoms with Crippen LogP contribution in [0.4, 0.5) is 5.00 Å². The maximum absolute atomic E-state index is 12.9. The smallest absolute Gasteiger partial charge is 0.341 e. The fraction of sp³-hybridized carbons (Fsp3) is 0.409. The molecule has 3 rings (SSSR count). The highest BCUT2D eigenvalue weighted by atomic mass is 32.1. The van der Waals surface area contributed by atoms with Crippen LogP contribution in [0, 0.1) is 6.92 Å². The number of nitrogens with zero attached hydrogens (tertiary/aromatic N) is 1. The van der Waals surface area contributed by atoms with Crippen molar-refractivity contribution in [3.63, 3.8) is 0 Å². The van der Waals surface area contributed by atoms with Crippen molar-refractivity contribution in [2.24, 2.45) is 0 Å². The highest BCUT2D eigenvalue weighted by Crippen LogP contribution is 2.35. The summed E-state index contributed by atoms with van der Waals surface area (Å²) >= 11 is 1.14. The molecule has 2 amide bonds. The Hall–Kier alpha value is -2.87. The van der Waals surface area contributed by atoms with E-state index in [0.717, 1.165) is 29.7 Å². The second-order valence-corrected chi connectivity index (χ2v) is 8.07. The molecule has 1 aliphatic rings. The van der Waals surface area contributed by atoms with Gasteiger partial charge in [-0.2, -0.15) is 0 Å². The summed E-state index contributed by atoms with van der Waals surface area (Å²) < 4.78 is 10.3. The number of hydrogen-bond donors (Lipinski definition) is 1. The Bertz CT molecular complexity index is 930. The molecule has 1 N–H and O–H groups in total. The maximum Gasteiger partial charge on any atom is 0.341 e. The topological polar surface area (TPSA) is 84.9 Å². The van der Waals surface area contributed by atoms with E-state index in [0.29, 0.717) is 34.3 Å². The van der Waals surface area contributed by atoms with Crippen LogP contribution in [0.2, 0.25) is 0 Å². The molecule has 2 heterocycles. The molecule has 0 unspecified atom stereocenters. The van der Waals surface area contributed by atoms with Gasteiger partial charge < -0.3 is 19.7 Å². The minimum atomic E-state index is -0.536. The molecule has 0 aliphatic carbocycles. The second-order valence-electron chi connectivity index (χ2n) is 7.05. The highest BCUT2D eigenvalue weighted by Gasteiger charge is 2.29. The summed E-state index contributed by atoms with van der Waals surface area (Å²) in [6.07, 6.45) is 2.09. The average Bonchev–Trinajstić information content (AvgIpc) is 3.36. The van der Waals surface area contributed by atoms with Crippen molar-refractivity contribution in [2.75, 3.05) is 32.1 Å². The van der Waals surface area contributed by atoms with Gasteiger partial charge in [0, 0.05) is 13.1 Å². The Labute approximate surface area is 180 Å². The van der Waals surface area contributed by atoms with E-state index in [4.69, 9.17) is 9.47 Å². The van der Waals surface area contributed by atoms with Crippen molar-refractivity contribution in [3.05, 3.63) is 45.8 Å². The Balaban J connectivity index is 1.83. The first-order valence-electron chi connectivity index (χ1n) is 9.97. The number of likely N-dealkylation sites (tertiary alicyclic amines) is 1. The molecule has 7 nitrogen and oxygen atoms in total. The number of esters is 1. The SMILES string of the molecule is CCOC(=O)c1c(NC(=O)Cc2ccc(OC)cc2)sc(C(=O)N2CCCC2)c1C. The second kappa shape index (κ2) is 9.75. The standard InChI is InChI=1S/C22H26N2O5S/c1-4-29-22(27)18-14(2)19(21(26)24-11-5-6-12-24)30-20(18)23-17(25)13-15-7-9-16(28-3)10-8-15/h7-10H,4-6,11-13H2,1-3H3,(H,23,25). The molecule has 160 valence electrons. The molecular weight excluding hydrogens is 404 g/mol. The highest BCUT2D eigenvalue weighted by molar-refractivity contribution is 7.18. The summed E-state index contributed by atoms with van der Waals surface area (Å²) in [7, 11) is 1.58. The lowest BCUT2D eigenvalue weighted by Crippen LogP contribution is -2.27. The predicted molar refractivity (Wildman–Crippen MR) is 115 cm³/mol. The number of carbonyl (C=O) groups is 3. The van der Waals surface area contributed by atoms with Gasteiger partial charge in [-0.3, -0.25) is 9.59 Å². The number of nitrogens with one attached hydrogen (secondary N) is 1. The Kier molecular flexibility index (Phi) is 7.10. The summed E-state index contributed by atoms with van der Waals surface area (Å²) in [5.74, 6) is -0.197. The molecule has 0 radical (unpaired) electrons. The van der Waals surface area contributed by atoms with Crippen LogP contribution in [0.15, 0.2) is 24.3 Å². The van der Waals surface area contributed by atoms with E-state index >= 15 is 0 Å². The Morgan fingerprint density at radius 2 is 1.80 bits per heavy atom. The van der Waals surface area contributed by atoms with Crippen LogP contribution < -0.4 is 10.1 Å². The van der Waals surface area contributed by atoms with Crippen LogP contribution in [0.1, 0.15) is 50.9 Å². The van der Waals surface area contributed by atoms with Gasteiger partial charge in [-0.25, -0.2) is 4.79 Å². The van der Waals surface area contributed by atoms with Gasteiger partial charge >= 0.3 is 5.97 Å². The van der Waals surface area contributed by atoms with Gasteiger partial charge in [-0.05, 0) is 49.9 Å². The molecule has 0 spiro atoms. The number of carbonyl (C=O) groups excluding carboxylic acids is 3. The third-order valence-corrected chi connectivity index (χ3v) is 6.19. The van der Waals surface area contributed by atoms with Gasteiger partial charge in [0.05, 0.1) is 30.6 Å². The predicted octanol–water partition coefficient (Wildman–Crippen LogP) is 3.66. The molecule has 0 saturated carbocycles. The third-order valence-electron chi connectivity index (χ3n) is 4.99. The molecule has 0 bridgehead atoms. The van der Waals surface area contributed by atoms with E-state index in [2.05, 4.69) is 5.32 Å². The van der Waals surface area contributed by atoms with Crippen LogP contribution in [0.25, 0.3) is 0 Å². The van der Waals surface area contributed by atoms with Crippen LogP contribution in [0.3, 0.4) is 0 Å². The lowest BCUT2D eigenvalue weighted by molar-refractivity contribution is -0.115. The van der Waals surface area contributed by atoms with Gasteiger partial charge in [0.25, 0.3) is 5.91 Å². The van der Waals surface area contributed by atoms with E-state index < -0.39 is 5.97 Å². The van der Waals surface area contributed by atoms with Crippen molar-refractivity contribution in [1.29, 1.82) is 0 Å². The summed E-state index contributed by atoms with van der Waals surface area (Å²) in [5, 5.41) is 3.16. The zero-order valence-corrected chi connectivity index (χ0v) is 18.3. The number of ether oxygens (including phenoxy) is 2. The Morgan fingerprint density at radius 3 is 2.40 bits per heavy atom. The number of rotatable bonds is 7. The van der Waals surface area contributed by atoms with Crippen molar-refractivity contribution in [2.45, 2.75) is 33.1 Å². The van der Waals surface area contributed by atoms with E-state index in [-0.39, 0.29) is 30.4 Å². The normalized spacial score (nSPS) is 13.2. The first-order valence-corrected chi connectivity index (χ1v) is 10.8. The van der Waals surface area contributed by atoms with Gasteiger partial charge in [-0.1, -0.05) is 12.1 Å². The van der Waals surface area contributed by atoms with Gasteiger partial charge in [0.1, 0.15) is 10.8 Å². The molecule has 0 atom stereocenters. The van der Waals surface area contributed by atoms with E-state index in [1.807, 2.05) is 12.1 Å². The van der Waals surface area contributed by atoms with E-state index in [1.165, 1.54) is 0 Å². The minimum absolute atomic E-state index is 0.101. The van der Waals surface area contributed by atoms with E-state index in [9.17, 15) is 14.4 Å². The number of benzene rings is 1. The zero-order chi connectivity index (χ0) is 21.7. The van der Waals surface area contributed by atoms with Crippen LogP contribution in [-0.2, 0) is 16.0 Å². The molecule has 8 heteroatoms. The fourth-order valence-electron chi connectivity index (χ4n) is 3.42. The molecule has 1 fully saturated rings. The first kappa shape index (κ1) is 21.8. The molecule has 1 aliphatic heterocycles. The number of anilines is 1. The molecule has 1 aromatic carbocycles. The summed E-state index contributed by atoms with van der Waals surface area (Å²) in [6.45, 7) is 5.08. The maximum atomic E-state index is 12.9. The quantitative estimate of drug-likeness (QED) is 0.678. The lowest BCUT2D eigenvalue weighted by atomic mass is 10.1. The van der Waals surface area contributed by atoms with Crippen molar-refractivity contribution in [3.8, 4) is 5.75 Å². The first-order chi connectivity index (χ1) is 14.4. The third kappa shape index (κ3) is 4.81. The van der Waals surface area contributed by atoms with Gasteiger partial charge in [0.15, 0.2) is 0 Å². The number of thiophene rings is 1. The van der Waals surface area contributed by atoms with Crippen molar-refractivity contribution < 1.29 is 23.9 Å². The zero-order valence-electron chi connectivity index (χ0n) is 17.4. The minimum Gasteiger partial charge on any atom is -0.497 e. The lowest BCUT2D eigenvalue weighted by Gasteiger charge is -2.14. The molecule has 1 aromatic heterocycles. The molecule has 1 saturated heterocycles. The monoisotopic (exact) mass is 430 g/mol. The molecule has 2 aromatic rings. The number of amides is 2. The largest absolute Gasteiger partial charge is 0.497 e. The van der Waals surface area contributed by atoms with Gasteiger partial charge in [0.2, 0.25) is 5.91 Å². The number of methoxy groups -OCH3 is 1. The van der Waals surface area contributed by atoms with Crippen LogP contribution >= 0.6 is 11.3 Å². The number of hydrogen-bond acceptors (Lipinski definition) is 6. The summed E-state index contributed by atoms with van der Waals surface area (Å²) in [4.78, 5) is 40.4. The van der Waals surface area contributed by atoms with Gasteiger partial charge in [-0.15, -0.1) is 11.3 Å². The van der Waals surface area contributed by atoms with Crippen molar-refractivity contribution in [1.82, 2.24) is 4.90 Å². The average molecular weight is 431 g/mol. The van der Waals surface area contributed by atoms with Crippen molar-refractivity contribution >= 4 is 34.1 Å². The van der Waals surface area contributed by atoms with Crippen LogP contribution in [-0.4, -0.2) is 49.5 Å². The Morgan fingerprint density at radius 1 is 1.13 bits per heavy atom. The summed E-state index contributed by atoms with van der Waals surface area (Å²) in [6, 6.07) is 7.20. The molecule has 30 heavy (non-hydrogen) atoms. The molecular formula is C22H26N2O5S. The van der Waals surface area contributed by atoms with E-state index in [1.54, 1.807) is 38.0 Å². The fourth-order valence-corrected chi connectivity index (χ4v) is 4.60. The van der Waals surface area contributed by atoms with Crippen LogP contribution in [0.5, 0.6) is 5.75 Å². The summed E-state index contributed by atoms with van der Waals surface area (Å²) in [5.41, 5.74) is 1.62.